The highest BCUT2D eigenvalue weighted by Gasteiger charge is 2.09. The van der Waals surface area contributed by atoms with Gasteiger partial charge in [-0.1, -0.05) is 12.1 Å². The van der Waals surface area contributed by atoms with E-state index in [0.717, 1.165) is 21.0 Å². The molecule has 0 amide bonds. The normalized spacial score (nSPS) is 11.2. The summed E-state index contributed by atoms with van der Waals surface area (Å²) in [7, 11) is 0. The molecule has 3 aromatic heterocycles. The molecule has 3 heterocycles. The average Bonchev–Trinajstić information content (AvgIpc) is 2.89. The van der Waals surface area contributed by atoms with Crippen molar-refractivity contribution in [2.45, 2.75) is 0 Å². The third-order valence-corrected chi connectivity index (χ3v) is 3.43. The molecule has 0 spiro atoms. The first-order valence-electron chi connectivity index (χ1n) is 6.03. The second-order valence-corrected chi connectivity index (χ2v) is 5.27. The van der Waals surface area contributed by atoms with Crippen LogP contribution in [0, 0.1) is 0 Å². The van der Waals surface area contributed by atoms with Crippen LogP contribution in [0.3, 0.4) is 0 Å². The Morgan fingerprint density at radius 2 is 1.80 bits per heavy atom. The Kier molecular flexibility index (Phi) is 2.50. The van der Waals surface area contributed by atoms with Gasteiger partial charge in [0.15, 0.2) is 11.5 Å². The number of imidazole rings is 1. The molecule has 6 heteroatoms. The lowest BCUT2D eigenvalue weighted by Gasteiger charge is -1.98. The van der Waals surface area contributed by atoms with E-state index in [2.05, 4.69) is 40.8 Å². The summed E-state index contributed by atoms with van der Waals surface area (Å²) >= 11 is 3.39. The molecular formula is C14H8BrN5. The highest BCUT2D eigenvalue weighted by molar-refractivity contribution is 9.10. The maximum atomic E-state index is 4.57. The summed E-state index contributed by atoms with van der Waals surface area (Å²) in [5, 5.41) is 0. The minimum absolute atomic E-state index is 0.665. The van der Waals surface area contributed by atoms with Crippen molar-refractivity contribution in [3.05, 3.63) is 47.2 Å². The molecule has 0 unspecified atom stereocenters. The van der Waals surface area contributed by atoms with E-state index in [1.165, 1.54) is 0 Å². The number of nitrogens with zero attached hydrogens (tertiary/aromatic N) is 4. The number of aromatic amines is 1. The maximum absolute atomic E-state index is 4.57. The number of nitrogens with one attached hydrogen (secondary N) is 1. The number of hydrogen-bond acceptors (Lipinski definition) is 4. The summed E-state index contributed by atoms with van der Waals surface area (Å²) in [5.74, 6) is 0.670. The van der Waals surface area contributed by atoms with Crippen molar-refractivity contribution in [1.82, 2.24) is 24.9 Å². The zero-order chi connectivity index (χ0) is 13.5. The number of fused-ring (bicyclic) bond motifs is 2. The number of benzene rings is 1. The lowest BCUT2D eigenvalue weighted by Crippen LogP contribution is -1.89. The predicted octanol–water partition coefficient (Wildman–Crippen LogP) is 3.33. The van der Waals surface area contributed by atoms with Crippen molar-refractivity contribution < 1.29 is 0 Å². The maximum Gasteiger partial charge on any atom is 0.178 e. The number of rotatable bonds is 1. The van der Waals surface area contributed by atoms with Gasteiger partial charge in [-0.15, -0.1) is 0 Å². The first kappa shape index (κ1) is 11.5. The van der Waals surface area contributed by atoms with Crippen LogP contribution in [-0.2, 0) is 0 Å². The van der Waals surface area contributed by atoms with Gasteiger partial charge >= 0.3 is 0 Å². The molecule has 0 bridgehead atoms. The van der Waals surface area contributed by atoms with Crippen LogP contribution >= 0.6 is 15.9 Å². The van der Waals surface area contributed by atoms with E-state index in [1.807, 2.05) is 30.3 Å². The van der Waals surface area contributed by atoms with Gasteiger partial charge in [0, 0.05) is 10.7 Å². The lowest BCUT2D eigenvalue weighted by atomic mass is 10.3. The first-order chi connectivity index (χ1) is 9.79. The molecule has 0 aliphatic rings. The van der Waals surface area contributed by atoms with E-state index in [0.29, 0.717) is 17.2 Å². The quantitative estimate of drug-likeness (QED) is 0.583. The molecule has 4 rings (SSSR count). The van der Waals surface area contributed by atoms with Gasteiger partial charge in [-0.25, -0.2) is 15.0 Å². The van der Waals surface area contributed by atoms with Crippen LogP contribution < -0.4 is 0 Å². The molecule has 0 radical (unpaired) electrons. The third-order valence-electron chi connectivity index (χ3n) is 3.00. The topological polar surface area (TPSA) is 67.3 Å². The smallest absolute Gasteiger partial charge is 0.178 e. The minimum Gasteiger partial charge on any atom is -0.335 e. The van der Waals surface area contributed by atoms with E-state index in [9.17, 15) is 0 Å². The van der Waals surface area contributed by atoms with Crippen LogP contribution in [0.25, 0.3) is 33.7 Å². The fourth-order valence-electron chi connectivity index (χ4n) is 2.07. The van der Waals surface area contributed by atoms with Gasteiger partial charge in [0.2, 0.25) is 0 Å². The number of H-pyrrole nitrogens is 1. The van der Waals surface area contributed by atoms with Gasteiger partial charge in [-0.2, -0.15) is 0 Å². The summed E-state index contributed by atoms with van der Waals surface area (Å²) in [5.41, 5.74) is 3.95. The molecule has 0 aliphatic carbocycles. The predicted molar refractivity (Wildman–Crippen MR) is 80.1 cm³/mol. The summed E-state index contributed by atoms with van der Waals surface area (Å²) in [6.45, 7) is 0. The number of aromatic nitrogens is 5. The second-order valence-electron chi connectivity index (χ2n) is 4.35. The molecule has 20 heavy (non-hydrogen) atoms. The van der Waals surface area contributed by atoms with Crippen LogP contribution in [0.5, 0.6) is 0 Å². The van der Waals surface area contributed by atoms with Crippen molar-refractivity contribution in [3.63, 3.8) is 0 Å². The molecule has 96 valence electrons. The standard InChI is InChI=1S/C14H8BrN5/c15-8-5-11-13(17-6-8)20-14(19-11)12-7-16-9-3-1-2-4-10(9)18-12/h1-7H,(H,17,19,20). The molecule has 1 aromatic carbocycles. The number of halogens is 1. The summed E-state index contributed by atoms with van der Waals surface area (Å²) < 4.78 is 0.907. The van der Waals surface area contributed by atoms with Crippen molar-refractivity contribution in [2.24, 2.45) is 0 Å². The van der Waals surface area contributed by atoms with Gasteiger partial charge in [-0.3, -0.25) is 4.98 Å². The molecule has 0 saturated heterocycles. The number of pyridine rings is 1. The zero-order valence-electron chi connectivity index (χ0n) is 10.2. The summed E-state index contributed by atoms with van der Waals surface area (Å²) in [4.78, 5) is 20.9. The van der Waals surface area contributed by atoms with Crippen LogP contribution in [0.4, 0.5) is 0 Å². The third kappa shape index (κ3) is 1.85. The van der Waals surface area contributed by atoms with E-state index in [1.54, 1.807) is 12.4 Å². The Morgan fingerprint density at radius 3 is 2.70 bits per heavy atom. The second kappa shape index (κ2) is 4.35. The molecule has 0 fully saturated rings. The molecule has 0 atom stereocenters. The van der Waals surface area contributed by atoms with Crippen LogP contribution in [0.2, 0.25) is 0 Å². The van der Waals surface area contributed by atoms with Gasteiger partial charge in [0.25, 0.3) is 0 Å². The summed E-state index contributed by atoms with van der Waals surface area (Å²) in [6, 6.07) is 9.69. The number of hydrogen-bond donors (Lipinski definition) is 1. The monoisotopic (exact) mass is 325 g/mol. The average molecular weight is 326 g/mol. The minimum atomic E-state index is 0.665. The fraction of sp³-hybridized carbons (Fsp3) is 0. The van der Waals surface area contributed by atoms with Crippen LogP contribution in [0.15, 0.2) is 47.2 Å². The van der Waals surface area contributed by atoms with Crippen LogP contribution in [-0.4, -0.2) is 24.9 Å². The lowest BCUT2D eigenvalue weighted by molar-refractivity contribution is 1.22. The Labute approximate surface area is 122 Å². The Hall–Kier alpha value is -2.34. The molecule has 0 aliphatic heterocycles. The van der Waals surface area contributed by atoms with Gasteiger partial charge in [-0.05, 0) is 34.1 Å². The van der Waals surface area contributed by atoms with E-state index in [-0.39, 0.29) is 0 Å². The highest BCUT2D eigenvalue weighted by atomic mass is 79.9. The molecular weight excluding hydrogens is 318 g/mol. The SMILES string of the molecule is Brc1cnc2nc(-c3cnc4ccccc4n3)[nH]c2c1. The molecule has 1 N–H and O–H groups in total. The van der Waals surface area contributed by atoms with Gasteiger partial charge in [0.1, 0.15) is 5.69 Å². The Morgan fingerprint density at radius 1 is 0.950 bits per heavy atom. The zero-order valence-corrected chi connectivity index (χ0v) is 11.8. The van der Waals surface area contributed by atoms with Crippen molar-refractivity contribution in [2.75, 3.05) is 0 Å². The highest BCUT2D eigenvalue weighted by Crippen LogP contribution is 2.21. The Bertz CT molecular complexity index is 931. The van der Waals surface area contributed by atoms with Crippen LogP contribution in [0.1, 0.15) is 0 Å². The molecule has 0 saturated carbocycles. The summed E-state index contributed by atoms with van der Waals surface area (Å²) in [6.07, 6.45) is 3.44. The van der Waals surface area contributed by atoms with Gasteiger partial charge < -0.3 is 4.98 Å². The Balaban J connectivity index is 1.91. The number of para-hydroxylation sites is 2. The van der Waals surface area contributed by atoms with E-state index >= 15 is 0 Å². The fourth-order valence-corrected chi connectivity index (χ4v) is 2.40. The van der Waals surface area contributed by atoms with Crippen molar-refractivity contribution in [1.29, 1.82) is 0 Å². The molecule has 4 aromatic rings. The largest absolute Gasteiger partial charge is 0.335 e. The van der Waals surface area contributed by atoms with E-state index in [4.69, 9.17) is 0 Å². The van der Waals surface area contributed by atoms with Crippen molar-refractivity contribution >= 4 is 38.1 Å². The first-order valence-corrected chi connectivity index (χ1v) is 6.82. The van der Waals surface area contributed by atoms with E-state index < -0.39 is 0 Å². The molecule has 5 nitrogen and oxygen atoms in total. The van der Waals surface area contributed by atoms with Crippen molar-refractivity contribution in [3.8, 4) is 11.5 Å². The van der Waals surface area contributed by atoms with Gasteiger partial charge in [0.05, 0.1) is 22.7 Å².